The smallest absolute Gasteiger partial charge is 0.243 e. The van der Waals surface area contributed by atoms with Crippen LogP contribution in [0.25, 0.3) is 0 Å². The normalized spacial score (nSPS) is 15.2. The fourth-order valence-electron chi connectivity index (χ4n) is 2.46. The maximum absolute atomic E-state index is 11.6. The Morgan fingerprint density at radius 2 is 2.26 bits per heavy atom. The molecule has 0 radical (unpaired) electrons. The Morgan fingerprint density at radius 1 is 1.43 bits per heavy atom. The lowest BCUT2D eigenvalue weighted by atomic mass is 10.1. The molecule has 0 bridgehead atoms. The molecule has 23 heavy (non-hydrogen) atoms. The summed E-state index contributed by atoms with van der Waals surface area (Å²) in [5, 5.41) is 8.67. The summed E-state index contributed by atoms with van der Waals surface area (Å²) in [5.41, 5.74) is 1.47. The number of likely N-dealkylation sites (N-methyl/N-ethyl adjacent to an activating group) is 1. The number of fused-ring (bicyclic) bond motifs is 1. The van der Waals surface area contributed by atoms with Gasteiger partial charge >= 0.3 is 0 Å². The average Bonchev–Trinajstić information content (AvgIpc) is 2.99. The van der Waals surface area contributed by atoms with Crippen LogP contribution < -0.4 is 10.6 Å². The second-order valence-electron chi connectivity index (χ2n) is 5.81. The van der Waals surface area contributed by atoms with Crippen molar-refractivity contribution < 1.29 is 4.79 Å². The van der Waals surface area contributed by atoms with Crippen molar-refractivity contribution >= 4 is 23.2 Å². The molecule has 1 amide bonds. The molecule has 2 N–H and O–H groups in total. The summed E-state index contributed by atoms with van der Waals surface area (Å²) < 4.78 is 0. The molecule has 1 aromatic heterocycles. The summed E-state index contributed by atoms with van der Waals surface area (Å²) in [6.07, 6.45) is 1.15. The van der Waals surface area contributed by atoms with Crippen molar-refractivity contribution in [2.45, 2.75) is 19.9 Å². The zero-order chi connectivity index (χ0) is 16.7. The molecule has 0 aromatic carbocycles. The first-order valence-corrected chi connectivity index (χ1v) is 8.98. The van der Waals surface area contributed by atoms with Crippen LogP contribution in [0.3, 0.4) is 0 Å². The number of rotatable bonds is 6. The standard InChI is InChI=1S/C16H27N5OS/c1-4-17-16(19-11-15(22)20(2)3)18-7-9-21-8-5-14-13(12-21)6-10-23-14/h6,10H,4-5,7-9,11-12H2,1-3H3,(H2,17,18,19). The van der Waals surface area contributed by atoms with Crippen LogP contribution in [-0.2, 0) is 17.8 Å². The first kappa shape index (κ1) is 17.7. The number of hydrogen-bond donors (Lipinski definition) is 2. The number of guanidine groups is 1. The molecule has 128 valence electrons. The third kappa shape index (κ3) is 5.51. The van der Waals surface area contributed by atoms with Crippen molar-refractivity contribution in [1.82, 2.24) is 20.4 Å². The predicted molar refractivity (Wildman–Crippen MR) is 96.0 cm³/mol. The molecule has 1 aromatic rings. The summed E-state index contributed by atoms with van der Waals surface area (Å²) in [4.78, 5) is 21.5. The Labute approximate surface area is 142 Å². The Morgan fingerprint density at radius 3 is 3.00 bits per heavy atom. The molecule has 7 heteroatoms. The summed E-state index contributed by atoms with van der Waals surface area (Å²) >= 11 is 1.87. The Hall–Kier alpha value is -1.60. The fraction of sp³-hybridized carbons (Fsp3) is 0.625. The molecule has 0 spiro atoms. The van der Waals surface area contributed by atoms with Gasteiger partial charge in [-0.05, 0) is 30.4 Å². The molecule has 0 fully saturated rings. The van der Waals surface area contributed by atoms with Crippen LogP contribution in [0.2, 0.25) is 0 Å². The summed E-state index contributed by atoms with van der Waals surface area (Å²) in [7, 11) is 3.49. The van der Waals surface area contributed by atoms with Gasteiger partial charge in [0.05, 0.1) is 0 Å². The van der Waals surface area contributed by atoms with Crippen molar-refractivity contribution in [3.63, 3.8) is 0 Å². The van der Waals surface area contributed by atoms with E-state index in [2.05, 4.69) is 32.0 Å². The van der Waals surface area contributed by atoms with Gasteiger partial charge in [0.15, 0.2) is 5.96 Å². The van der Waals surface area contributed by atoms with Crippen molar-refractivity contribution in [2.75, 3.05) is 46.8 Å². The molecule has 0 unspecified atom stereocenters. The van der Waals surface area contributed by atoms with Crippen LogP contribution in [-0.4, -0.2) is 68.5 Å². The molecular formula is C16H27N5OS. The summed E-state index contributed by atoms with van der Waals surface area (Å²) in [6, 6.07) is 2.23. The first-order chi connectivity index (χ1) is 11.1. The van der Waals surface area contributed by atoms with E-state index in [4.69, 9.17) is 0 Å². The van der Waals surface area contributed by atoms with E-state index in [0.717, 1.165) is 39.1 Å². The van der Waals surface area contributed by atoms with E-state index >= 15 is 0 Å². The molecule has 2 rings (SSSR count). The quantitative estimate of drug-likeness (QED) is 0.594. The molecule has 0 atom stereocenters. The number of nitrogens with zero attached hydrogens (tertiary/aromatic N) is 3. The zero-order valence-corrected chi connectivity index (χ0v) is 15.1. The minimum Gasteiger partial charge on any atom is -0.357 e. The maximum Gasteiger partial charge on any atom is 0.243 e. The molecular weight excluding hydrogens is 310 g/mol. The van der Waals surface area contributed by atoms with Crippen molar-refractivity contribution in [2.24, 2.45) is 4.99 Å². The van der Waals surface area contributed by atoms with Crippen LogP contribution in [0, 0.1) is 0 Å². The Bertz CT molecular complexity index is 540. The van der Waals surface area contributed by atoms with Gasteiger partial charge in [-0.3, -0.25) is 9.69 Å². The Balaban J connectivity index is 1.76. The lowest BCUT2D eigenvalue weighted by molar-refractivity contribution is -0.127. The van der Waals surface area contributed by atoms with Gasteiger partial charge in [0.2, 0.25) is 5.91 Å². The minimum atomic E-state index is 0.00298. The monoisotopic (exact) mass is 337 g/mol. The second kappa shape index (κ2) is 8.88. The van der Waals surface area contributed by atoms with Crippen molar-refractivity contribution in [1.29, 1.82) is 0 Å². The van der Waals surface area contributed by atoms with Crippen LogP contribution >= 0.6 is 11.3 Å². The number of nitrogens with one attached hydrogen (secondary N) is 2. The molecule has 6 nitrogen and oxygen atoms in total. The highest BCUT2D eigenvalue weighted by molar-refractivity contribution is 7.10. The minimum absolute atomic E-state index is 0.00298. The summed E-state index contributed by atoms with van der Waals surface area (Å²) in [6.45, 7) is 6.92. The van der Waals surface area contributed by atoms with Crippen LogP contribution in [0.5, 0.6) is 0 Å². The van der Waals surface area contributed by atoms with Crippen LogP contribution in [0.1, 0.15) is 17.4 Å². The first-order valence-electron chi connectivity index (χ1n) is 8.10. The number of hydrogen-bond acceptors (Lipinski definition) is 4. The second-order valence-corrected chi connectivity index (χ2v) is 6.81. The van der Waals surface area contributed by atoms with Gasteiger partial charge in [-0.15, -0.1) is 11.3 Å². The van der Waals surface area contributed by atoms with Gasteiger partial charge in [-0.25, -0.2) is 4.99 Å². The molecule has 1 aliphatic heterocycles. The van der Waals surface area contributed by atoms with Gasteiger partial charge in [0.1, 0.15) is 6.54 Å². The topological polar surface area (TPSA) is 60.0 Å². The van der Waals surface area contributed by atoms with Gasteiger partial charge in [0.25, 0.3) is 0 Å². The van der Waals surface area contributed by atoms with E-state index in [0.29, 0.717) is 5.96 Å². The predicted octanol–water partition coefficient (Wildman–Crippen LogP) is 0.750. The van der Waals surface area contributed by atoms with Crippen molar-refractivity contribution in [3.8, 4) is 0 Å². The van der Waals surface area contributed by atoms with Crippen molar-refractivity contribution in [3.05, 3.63) is 21.9 Å². The number of carbonyl (C=O) groups excluding carboxylic acids is 1. The van der Waals surface area contributed by atoms with Gasteiger partial charge in [0, 0.05) is 51.7 Å². The highest BCUT2D eigenvalue weighted by atomic mass is 32.1. The number of aliphatic imine (C=N–C) groups is 1. The van der Waals surface area contributed by atoms with Crippen LogP contribution in [0.15, 0.2) is 16.4 Å². The van der Waals surface area contributed by atoms with E-state index in [1.165, 1.54) is 10.4 Å². The van der Waals surface area contributed by atoms with E-state index in [9.17, 15) is 4.79 Å². The van der Waals surface area contributed by atoms with Gasteiger partial charge < -0.3 is 15.5 Å². The molecule has 0 aliphatic carbocycles. The number of thiophene rings is 1. The largest absolute Gasteiger partial charge is 0.357 e. The third-order valence-corrected chi connectivity index (χ3v) is 4.85. The highest BCUT2D eigenvalue weighted by Gasteiger charge is 2.16. The molecule has 0 saturated heterocycles. The Kier molecular flexibility index (Phi) is 6.85. The molecule has 2 heterocycles. The summed E-state index contributed by atoms with van der Waals surface area (Å²) in [5.74, 6) is 0.708. The zero-order valence-electron chi connectivity index (χ0n) is 14.3. The van der Waals surface area contributed by atoms with E-state index < -0.39 is 0 Å². The third-order valence-electron chi connectivity index (χ3n) is 3.82. The lowest BCUT2D eigenvalue weighted by Gasteiger charge is -2.27. The van der Waals surface area contributed by atoms with E-state index in [1.54, 1.807) is 19.0 Å². The molecule has 0 saturated carbocycles. The van der Waals surface area contributed by atoms with Crippen LogP contribution in [0.4, 0.5) is 0 Å². The van der Waals surface area contributed by atoms with E-state index in [1.807, 2.05) is 18.3 Å². The van der Waals surface area contributed by atoms with Gasteiger partial charge in [-0.1, -0.05) is 0 Å². The van der Waals surface area contributed by atoms with E-state index in [-0.39, 0.29) is 12.5 Å². The average molecular weight is 337 g/mol. The fourth-order valence-corrected chi connectivity index (χ4v) is 3.35. The number of amides is 1. The highest BCUT2D eigenvalue weighted by Crippen LogP contribution is 2.23. The lowest BCUT2D eigenvalue weighted by Crippen LogP contribution is -2.43. The maximum atomic E-state index is 11.6. The number of carbonyl (C=O) groups is 1. The SMILES string of the molecule is CCNC(=NCC(=O)N(C)C)NCCN1CCc2sccc2C1. The molecule has 1 aliphatic rings. The van der Waals surface area contributed by atoms with Gasteiger partial charge in [-0.2, -0.15) is 0 Å².